The van der Waals surface area contributed by atoms with E-state index in [4.69, 9.17) is 0 Å². The largest absolute Gasteiger partial charge is 0.371 e. The number of hydrogen-bond donors (Lipinski definition) is 1. The highest BCUT2D eigenvalue weighted by atomic mass is 32.2. The second-order valence-electron chi connectivity index (χ2n) is 8.83. The quantitative estimate of drug-likeness (QED) is 0.791. The summed E-state index contributed by atoms with van der Waals surface area (Å²) in [4.78, 5) is 2.53. The van der Waals surface area contributed by atoms with Gasteiger partial charge in [0.05, 0.1) is 6.26 Å². The molecule has 2 aliphatic heterocycles. The van der Waals surface area contributed by atoms with Crippen molar-refractivity contribution >= 4 is 15.7 Å². The summed E-state index contributed by atoms with van der Waals surface area (Å²) in [5.41, 5.74) is 4.50. The fourth-order valence-corrected chi connectivity index (χ4v) is 6.46. The smallest absolute Gasteiger partial charge is 0.211 e. The zero-order valence-corrected chi connectivity index (χ0v) is 18.0. The van der Waals surface area contributed by atoms with Crippen LogP contribution in [0.25, 0.3) is 0 Å². The number of nitrogens with one attached hydrogen (secondary N) is 1. The van der Waals surface area contributed by atoms with Gasteiger partial charge in [0.25, 0.3) is 0 Å². The Labute approximate surface area is 170 Å². The number of anilines is 1. The molecule has 2 heterocycles. The number of aryl methyl sites for hydroxylation is 2. The first-order valence-electron chi connectivity index (χ1n) is 11.1. The van der Waals surface area contributed by atoms with E-state index in [2.05, 4.69) is 28.4 Å². The van der Waals surface area contributed by atoms with Crippen molar-refractivity contribution in [2.75, 3.05) is 37.3 Å². The summed E-state index contributed by atoms with van der Waals surface area (Å²) in [6.07, 6.45) is 11.6. The molecule has 1 N–H and O–H groups in total. The van der Waals surface area contributed by atoms with Gasteiger partial charge in [-0.2, -0.15) is 4.31 Å². The highest BCUT2D eigenvalue weighted by Gasteiger charge is 2.29. The van der Waals surface area contributed by atoms with Crippen LogP contribution in [0.5, 0.6) is 0 Å². The van der Waals surface area contributed by atoms with Crippen LogP contribution in [0, 0.1) is 0 Å². The maximum Gasteiger partial charge on any atom is 0.211 e. The maximum absolute atomic E-state index is 12.0. The van der Waals surface area contributed by atoms with Gasteiger partial charge in [-0.3, -0.25) is 0 Å². The highest BCUT2D eigenvalue weighted by molar-refractivity contribution is 7.88. The summed E-state index contributed by atoms with van der Waals surface area (Å²) >= 11 is 0. The lowest BCUT2D eigenvalue weighted by molar-refractivity contribution is 0.237. The molecule has 1 atom stereocenters. The van der Waals surface area contributed by atoms with Gasteiger partial charge in [0, 0.05) is 37.4 Å². The van der Waals surface area contributed by atoms with Crippen LogP contribution in [-0.2, 0) is 22.9 Å². The van der Waals surface area contributed by atoms with E-state index >= 15 is 0 Å². The summed E-state index contributed by atoms with van der Waals surface area (Å²) in [6.45, 7) is 3.83. The lowest BCUT2D eigenvalue weighted by atomic mass is 10.0. The van der Waals surface area contributed by atoms with Crippen molar-refractivity contribution in [2.24, 2.45) is 0 Å². The van der Waals surface area contributed by atoms with Crippen molar-refractivity contribution in [2.45, 2.75) is 69.9 Å². The van der Waals surface area contributed by atoms with E-state index < -0.39 is 10.0 Å². The standard InChI is InChI=1S/C22H35N3O2S/c1-28(26,27)25-14-3-2-7-21(25)10-13-23-20-11-15-24(16-12-20)22-9-8-18-5-4-6-19(18)17-22/h8-9,17,20-21,23H,2-7,10-16H2,1H3. The Morgan fingerprint density at radius 1 is 1.00 bits per heavy atom. The van der Waals surface area contributed by atoms with Gasteiger partial charge in [-0.1, -0.05) is 12.5 Å². The van der Waals surface area contributed by atoms with E-state index in [1.807, 2.05) is 0 Å². The van der Waals surface area contributed by atoms with E-state index in [0.717, 1.165) is 58.2 Å². The molecular weight excluding hydrogens is 370 g/mol. The number of piperidine rings is 2. The zero-order valence-electron chi connectivity index (χ0n) is 17.2. The van der Waals surface area contributed by atoms with Crippen LogP contribution in [0.1, 0.15) is 56.1 Å². The van der Waals surface area contributed by atoms with Crippen LogP contribution < -0.4 is 10.2 Å². The number of sulfonamides is 1. The molecule has 0 bridgehead atoms. The van der Waals surface area contributed by atoms with Crippen LogP contribution in [-0.4, -0.2) is 57.2 Å². The molecule has 0 saturated carbocycles. The predicted molar refractivity (Wildman–Crippen MR) is 116 cm³/mol. The minimum absolute atomic E-state index is 0.183. The molecule has 1 aromatic rings. The summed E-state index contributed by atoms with van der Waals surface area (Å²) in [7, 11) is -3.07. The van der Waals surface area contributed by atoms with Gasteiger partial charge in [-0.15, -0.1) is 0 Å². The third-order valence-electron chi connectivity index (χ3n) is 6.85. The van der Waals surface area contributed by atoms with Gasteiger partial charge in [0.1, 0.15) is 0 Å². The molecular formula is C22H35N3O2S. The van der Waals surface area contributed by atoms with Gasteiger partial charge in [-0.25, -0.2) is 8.42 Å². The number of nitrogens with zero attached hydrogens (tertiary/aromatic N) is 2. The second kappa shape index (κ2) is 8.72. The molecule has 1 aromatic carbocycles. The topological polar surface area (TPSA) is 52.7 Å². The predicted octanol–water partition coefficient (Wildman–Crippen LogP) is 2.94. The Morgan fingerprint density at radius 2 is 1.79 bits per heavy atom. The molecule has 0 amide bonds. The van der Waals surface area contributed by atoms with Gasteiger partial charge >= 0.3 is 0 Å². The molecule has 2 fully saturated rings. The van der Waals surface area contributed by atoms with Crippen LogP contribution in [0.3, 0.4) is 0 Å². The van der Waals surface area contributed by atoms with Crippen molar-refractivity contribution in [1.29, 1.82) is 0 Å². The minimum atomic E-state index is -3.07. The van der Waals surface area contributed by atoms with Crippen molar-refractivity contribution in [3.8, 4) is 0 Å². The lowest BCUT2D eigenvalue weighted by Gasteiger charge is -2.36. The van der Waals surface area contributed by atoms with Crippen LogP contribution >= 0.6 is 0 Å². The highest BCUT2D eigenvalue weighted by Crippen LogP contribution is 2.28. The number of rotatable bonds is 6. The maximum atomic E-state index is 12.0. The monoisotopic (exact) mass is 405 g/mol. The number of benzene rings is 1. The van der Waals surface area contributed by atoms with Crippen LogP contribution in [0.4, 0.5) is 5.69 Å². The van der Waals surface area contributed by atoms with E-state index in [1.165, 1.54) is 31.2 Å². The first-order valence-corrected chi connectivity index (χ1v) is 12.9. The third-order valence-corrected chi connectivity index (χ3v) is 8.18. The Bertz CT molecular complexity index is 772. The molecule has 0 radical (unpaired) electrons. The van der Waals surface area contributed by atoms with Crippen molar-refractivity contribution < 1.29 is 8.42 Å². The Hall–Kier alpha value is -1.11. The molecule has 6 heteroatoms. The fourth-order valence-electron chi connectivity index (χ4n) is 5.25. The van der Waals surface area contributed by atoms with E-state index in [0.29, 0.717) is 12.6 Å². The molecule has 3 aliphatic rings. The van der Waals surface area contributed by atoms with Crippen LogP contribution in [0.15, 0.2) is 18.2 Å². The second-order valence-corrected chi connectivity index (χ2v) is 10.8. The van der Waals surface area contributed by atoms with Crippen molar-refractivity contribution in [1.82, 2.24) is 9.62 Å². The van der Waals surface area contributed by atoms with Gasteiger partial charge < -0.3 is 10.2 Å². The van der Waals surface area contributed by atoms with Crippen LogP contribution in [0.2, 0.25) is 0 Å². The first kappa shape index (κ1) is 20.2. The van der Waals surface area contributed by atoms with Gasteiger partial charge in [-0.05, 0) is 81.2 Å². The number of fused-ring (bicyclic) bond motifs is 1. The Morgan fingerprint density at radius 3 is 2.57 bits per heavy atom. The molecule has 0 spiro atoms. The van der Waals surface area contributed by atoms with E-state index in [1.54, 1.807) is 15.4 Å². The first-order chi connectivity index (χ1) is 13.5. The lowest BCUT2D eigenvalue weighted by Crippen LogP contribution is -2.46. The Balaban J connectivity index is 1.22. The van der Waals surface area contributed by atoms with Crippen molar-refractivity contribution in [3.05, 3.63) is 29.3 Å². The average Bonchev–Trinajstić information content (AvgIpc) is 3.16. The molecule has 2 saturated heterocycles. The summed E-state index contributed by atoms with van der Waals surface area (Å²) in [6, 6.07) is 7.79. The van der Waals surface area contributed by atoms with Gasteiger partial charge in [0.15, 0.2) is 0 Å². The molecule has 28 heavy (non-hydrogen) atoms. The summed E-state index contributed by atoms with van der Waals surface area (Å²) in [5.74, 6) is 0. The zero-order chi connectivity index (χ0) is 19.6. The molecule has 0 aromatic heterocycles. The van der Waals surface area contributed by atoms with Crippen molar-refractivity contribution in [3.63, 3.8) is 0 Å². The Kier molecular flexibility index (Phi) is 6.28. The van der Waals surface area contributed by atoms with E-state index in [9.17, 15) is 8.42 Å². The van der Waals surface area contributed by atoms with E-state index in [-0.39, 0.29) is 6.04 Å². The molecule has 4 rings (SSSR count). The average molecular weight is 406 g/mol. The fraction of sp³-hybridized carbons (Fsp3) is 0.727. The SMILES string of the molecule is CS(=O)(=O)N1CCCCC1CCNC1CCN(c2ccc3c(c2)CCC3)CC1. The summed E-state index contributed by atoms with van der Waals surface area (Å²) < 4.78 is 25.7. The normalized spacial score (nSPS) is 24.5. The number of hydrogen-bond acceptors (Lipinski definition) is 4. The molecule has 5 nitrogen and oxygen atoms in total. The molecule has 1 aliphatic carbocycles. The summed E-state index contributed by atoms with van der Waals surface area (Å²) in [5, 5.41) is 3.71. The van der Waals surface area contributed by atoms with Gasteiger partial charge in [0.2, 0.25) is 10.0 Å². The molecule has 156 valence electrons. The minimum Gasteiger partial charge on any atom is -0.371 e. The third kappa shape index (κ3) is 4.71. The molecule has 1 unspecified atom stereocenters.